The summed E-state index contributed by atoms with van der Waals surface area (Å²) in [4.78, 5) is 11.3. The van der Waals surface area contributed by atoms with Gasteiger partial charge in [-0.3, -0.25) is 4.79 Å². The molecule has 0 aliphatic carbocycles. The van der Waals surface area contributed by atoms with E-state index in [0.29, 0.717) is 6.61 Å². The van der Waals surface area contributed by atoms with Crippen molar-refractivity contribution in [1.82, 2.24) is 5.32 Å². The largest absolute Gasteiger partial charge is 0.465 e. The van der Waals surface area contributed by atoms with Gasteiger partial charge >= 0.3 is 5.97 Å². The summed E-state index contributed by atoms with van der Waals surface area (Å²) in [5.74, 6) is -0.176. The van der Waals surface area contributed by atoms with Gasteiger partial charge in [-0.25, -0.2) is 0 Å². The highest BCUT2D eigenvalue weighted by molar-refractivity contribution is 7.99. The Bertz CT molecular complexity index is 183. The number of thioether (sulfide) groups is 1. The van der Waals surface area contributed by atoms with Gasteiger partial charge in [0.05, 0.1) is 6.61 Å². The minimum atomic E-state index is -0.221. The molecule has 0 saturated carbocycles. The molecule has 0 aromatic carbocycles. The fourth-order valence-electron chi connectivity index (χ4n) is 0.822. The minimum Gasteiger partial charge on any atom is -0.465 e. The fourth-order valence-corrected chi connectivity index (χ4v) is 1.05. The van der Waals surface area contributed by atoms with Gasteiger partial charge in [-0.2, -0.15) is 11.8 Å². The van der Waals surface area contributed by atoms with E-state index in [1.54, 1.807) is 11.8 Å². The van der Waals surface area contributed by atoms with Gasteiger partial charge in [0.2, 0.25) is 0 Å². The summed E-state index contributed by atoms with van der Waals surface area (Å²) < 4.78 is 5.05. The fraction of sp³-hybridized carbons (Fsp3) is 0.900. The van der Waals surface area contributed by atoms with Crippen molar-refractivity contribution in [3.63, 3.8) is 0 Å². The summed E-state index contributed by atoms with van der Waals surface area (Å²) in [5, 5.41) is 3.16. The molecule has 1 atom stereocenters. The molecule has 0 fully saturated rings. The van der Waals surface area contributed by atoms with Crippen LogP contribution in [0.4, 0.5) is 0 Å². The predicted octanol–water partition coefficient (Wildman–Crippen LogP) is 1.67. The molecule has 14 heavy (non-hydrogen) atoms. The maximum Gasteiger partial charge on any atom is 0.322 e. The monoisotopic (exact) mass is 219 g/mol. The third-order valence-corrected chi connectivity index (χ3v) is 3.28. The highest BCUT2D eigenvalue weighted by Gasteiger charge is 2.19. The average Bonchev–Trinajstić information content (AvgIpc) is 2.15. The number of hydrogen-bond donors (Lipinski definition) is 1. The van der Waals surface area contributed by atoms with E-state index in [4.69, 9.17) is 4.74 Å². The standard InChI is InChI=1S/C10H21NO2S/c1-6-13-9(12)8(2)11-7-10(3,4)14-5/h8,11H,6-7H2,1-5H3. The van der Waals surface area contributed by atoms with Crippen molar-refractivity contribution in [2.24, 2.45) is 0 Å². The van der Waals surface area contributed by atoms with Crippen LogP contribution in [-0.2, 0) is 9.53 Å². The summed E-state index contributed by atoms with van der Waals surface area (Å²) in [5.41, 5.74) is 0. The van der Waals surface area contributed by atoms with Gasteiger partial charge in [0, 0.05) is 11.3 Å². The van der Waals surface area contributed by atoms with Crippen LogP contribution in [-0.4, -0.2) is 36.2 Å². The second-order valence-electron chi connectivity index (χ2n) is 3.82. The van der Waals surface area contributed by atoms with E-state index < -0.39 is 0 Å². The number of carbonyl (C=O) groups excluding carboxylic acids is 1. The molecule has 0 rings (SSSR count). The Morgan fingerprint density at radius 2 is 2.14 bits per heavy atom. The molecule has 0 heterocycles. The molecule has 0 saturated heterocycles. The molecule has 4 heteroatoms. The van der Waals surface area contributed by atoms with Crippen LogP contribution < -0.4 is 5.32 Å². The van der Waals surface area contributed by atoms with Crippen LogP contribution in [0.5, 0.6) is 0 Å². The van der Waals surface area contributed by atoms with Crippen LogP contribution in [0.25, 0.3) is 0 Å². The molecule has 3 nitrogen and oxygen atoms in total. The van der Waals surface area contributed by atoms with Crippen molar-refractivity contribution in [2.75, 3.05) is 19.4 Å². The van der Waals surface area contributed by atoms with E-state index in [9.17, 15) is 4.79 Å². The normalized spacial score (nSPS) is 13.8. The highest BCUT2D eigenvalue weighted by atomic mass is 32.2. The van der Waals surface area contributed by atoms with Crippen LogP contribution in [0.3, 0.4) is 0 Å². The van der Waals surface area contributed by atoms with Crippen molar-refractivity contribution < 1.29 is 9.53 Å². The Morgan fingerprint density at radius 1 is 1.57 bits per heavy atom. The minimum absolute atomic E-state index is 0.154. The van der Waals surface area contributed by atoms with E-state index in [1.165, 1.54) is 0 Å². The number of hydrogen-bond acceptors (Lipinski definition) is 4. The molecule has 0 aromatic heterocycles. The summed E-state index contributed by atoms with van der Waals surface area (Å²) in [7, 11) is 0. The molecule has 0 amide bonds. The van der Waals surface area contributed by atoms with Crippen molar-refractivity contribution in [3.8, 4) is 0 Å². The second kappa shape index (κ2) is 6.30. The first-order valence-electron chi connectivity index (χ1n) is 4.88. The number of rotatable bonds is 6. The van der Waals surface area contributed by atoms with Gasteiger partial charge < -0.3 is 10.1 Å². The van der Waals surface area contributed by atoms with Gasteiger partial charge in [-0.05, 0) is 34.0 Å². The predicted molar refractivity (Wildman–Crippen MR) is 61.7 cm³/mol. The Hall–Kier alpha value is -0.220. The van der Waals surface area contributed by atoms with E-state index >= 15 is 0 Å². The molecule has 0 bridgehead atoms. The SMILES string of the molecule is CCOC(=O)C(C)NCC(C)(C)SC. The first-order valence-corrected chi connectivity index (χ1v) is 6.10. The Kier molecular flexibility index (Phi) is 6.20. The smallest absolute Gasteiger partial charge is 0.322 e. The van der Waals surface area contributed by atoms with Gasteiger partial charge in [-0.15, -0.1) is 0 Å². The third kappa shape index (κ3) is 5.50. The van der Waals surface area contributed by atoms with Crippen LogP contribution in [0.1, 0.15) is 27.7 Å². The van der Waals surface area contributed by atoms with Gasteiger partial charge in [0.15, 0.2) is 0 Å². The maximum atomic E-state index is 11.3. The lowest BCUT2D eigenvalue weighted by atomic mass is 10.2. The molecule has 0 aliphatic rings. The van der Waals surface area contributed by atoms with Crippen molar-refractivity contribution >= 4 is 17.7 Å². The lowest BCUT2D eigenvalue weighted by molar-refractivity contribution is -0.145. The first-order chi connectivity index (χ1) is 6.43. The summed E-state index contributed by atoms with van der Waals surface area (Å²) in [6.45, 7) is 9.17. The molecular weight excluding hydrogens is 198 g/mol. The van der Waals surface area contributed by atoms with Crippen LogP contribution in [0, 0.1) is 0 Å². The lowest BCUT2D eigenvalue weighted by Crippen LogP contribution is -2.42. The van der Waals surface area contributed by atoms with Crippen molar-refractivity contribution in [1.29, 1.82) is 0 Å². The summed E-state index contributed by atoms with van der Waals surface area (Å²) in [6.07, 6.45) is 2.07. The van der Waals surface area contributed by atoms with E-state index in [-0.39, 0.29) is 16.8 Å². The van der Waals surface area contributed by atoms with Gasteiger partial charge in [-0.1, -0.05) is 0 Å². The molecule has 0 radical (unpaired) electrons. The van der Waals surface area contributed by atoms with E-state index in [0.717, 1.165) is 6.54 Å². The highest BCUT2D eigenvalue weighted by Crippen LogP contribution is 2.19. The zero-order valence-corrected chi connectivity index (χ0v) is 10.5. The number of carbonyl (C=O) groups is 1. The van der Waals surface area contributed by atoms with Gasteiger partial charge in [0.25, 0.3) is 0 Å². The molecule has 0 spiro atoms. The van der Waals surface area contributed by atoms with Gasteiger partial charge in [0.1, 0.15) is 6.04 Å². The molecule has 0 aromatic rings. The average molecular weight is 219 g/mol. The van der Waals surface area contributed by atoms with Crippen LogP contribution in [0.15, 0.2) is 0 Å². The molecule has 84 valence electrons. The zero-order valence-electron chi connectivity index (χ0n) is 9.72. The van der Waals surface area contributed by atoms with Crippen molar-refractivity contribution in [2.45, 2.75) is 38.5 Å². The Labute approximate surface area is 91.0 Å². The first kappa shape index (κ1) is 13.8. The third-order valence-electron chi connectivity index (χ3n) is 2.03. The Morgan fingerprint density at radius 3 is 2.57 bits per heavy atom. The summed E-state index contributed by atoms with van der Waals surface area (Å²) >= 11 is 1.78. The summed E-state index contributed by atoms with van der Waals surface area (Å²) in [6, 6.07) is -0.221. The quantitative estimate of drug-likeness (QED) is 0.690. The van der Waals surface area contributed by atoms with E-state index in [1.807, 2.05) is 13.8 Å². The number of esters is 1. The zero-order chi connectivity index (χ0) is 11.2. The topological polar surface area (TPSA) is 38.3 Å². The maximum absolute atomic E-state index is 11.3. The lowest BCUT2D eigenvalue weighted by Gasteiger charge is -2.24. The number of ether oxygens (including phenoxy) is 1. The van der Waals surface area contributed by atoms with Crippen molar-refractivity contribution in [3.05, 3.63) is 0 Å². The molecule has 0 aliphatic heterocycles. The Balaban J connectivity index is 3.84. The van der Waals surface area contributed by atoms with Crippen LogP contribution >= 0.6 is 11.8 Å². The molecule has 1 unspecified atom stereocenters. The van der Waals surface area contributed by atoms with E-state index in [2.05, 4.69) is 25.4 Å². The molecule has 1 N–H and O–H groups in total. The second-order valence-corrected chi connectivity index (χ2v) is 5.33. The molecular formula is C10H21NO2S. The van der Waals surface area contributed by atoms with Crippen LogP contribution in [0.2, 0.25) is 0 Å². The number of nitrogens with one attached hydrogen (secondary N) is 1.